The first kappa shape index (κ1) is 15.4. The van der Waals surface area contributed by atoms with Crippen molar-refractivity contribution in [2.24, 2.45) is 0 Å². The van der Waals surface area contributed by atoms with Gasteiger partial charge in [-0.1, -0.05) is 30.0 Å². The van der Waals surface area contributed by atoms with Crippen LogP contribution in [0, 0.1) is 0 Å². The molecule has 0 amide bonds. The molecule has 2 unspecified atom stereocenters. The zero-order valence-corrected chi connectivity index (χ0v) is 13.6. The van der Waals surface area contributed by atoms with E-state index < -0.39 is 0 Å². The average Bonchev–Trinajstić information content (AvgIpc) is 3.17. The normalized spacial score (nSPS) is 21.2. The molecule has 0 N–H and O–H groups in total. The van der Waals surface area contributed by atoms with Crippen LogP contribution in [0.3, 0.4) is 0 Å². The van der Waals surface area contributed by atoms with Gasteiger partial charge in [-0.25, -0.2) is 0 Å². The third-order valence-corrected chi connectivity index (χ3v) is 5.14. The number of para-hydroxylation sites is 1. The molecule has 0 bridgehead atoms. The molecule has 22 heavy (non-hydrogen) atoms. The quantitative estimate of drug-likeness (QED) is 0.814. The fraction of sp³-hybridized carbons (Fsp3) is 0.500. The summed E-state index contributed by atoms with van der Waals surface area (Å²) in [7, 11) is 3.43. The maximum Gasteiger partial charge on any atom is 0.276 e. The van der Waals surface area contributed by atoms with E-state index in [0.29, 0.717) is 22.8 Å². The van der Waals surface area contributed by atoms with Crippen molar-refractivity contribution in [3.63, 3.8) is 0 Å². The Hall–Kier alpha value is -1.53. The molecule has 118 valence electrons. The van der Waals surface area contributed by atoms with Crippen molar-refractivity contribution in [1.82, 2.24) is 10.2 Å². The molecular formula is C16H20N2O3S. The summed E-state index contributed by atoms with van der Waals surface area (Å²) in [4.78, 5) is 0. The van der Waals surface area contributed by atoms with E-state index in [0.717, 1.165) is 24.2 Å². The Balaban J connectivity index is 1.66. The van der Waals surface area contributed by atoms with E-state index in [1.165, 1.54) is 6.42 Å². The van der Waals surface area contributed by atoms with Gasteiger partial charge >= 0.3 is 0 Å². The molecule has 1 aromatic carbocycles. The number of hydrogen-bond acceptors (Lipinski definition) is 6. The van der Waals surface area contributed by atoms with Gasteiger partial charge < -0.3 is 13.9 Å². The number of methoxy groups -OCH3 is 2. The third kappa shape index (κ3) is 3.44. The Labute approximate surface area is 134 Å². The second-order valence-electron chi connectivity index (χ2n) is 5.31. The van der Waals surface area contributed by atoms with Crippen LogP contribution < -0.4 is 4.74 Å². The van der Waals surface area contributed by atoms with E-state index in [-0.39, 0.29) is 6.10 Å². The molecule has 3 rings (SSSR count). The van der Waals surface area contributed by atoms with E-state index in [2.05, 4.69) is 10.2 Å². The van der Waals surface area contributed by atoms with Crippen LogP contribution in [0.2, 0.25) is 0 Å². The lowest BCUT2D eigenvalue weighted by molar-refractivity contribution is 0.113. The number of rotatable bonds is 6. The largest absolute Gasteiger partial charge is 0.496 e. The fourth-order valence-electron chi connectivity index (χ4n) is 2.80. The molecule has 2 aromatic rings. The maximum atomic E-state index is 5.77. The molecule has 0 spiro atoms. The summed E-state index contributed by atoms with van der Waals surface area (Å²) in [6.45, 7) is 0. The van der Waals surface area contributed by atoms with Gasteiger partial charge in [0.25, 0.3) is 5.22 Å². The number of ether oxygens (including phenoxy) is 2. The lowest BCUT2D eigenvalue weighted by Crippen LogP contribution is -2.18. The summed E-state index contributed by atoms with van der Waals surface area (Å²) in [5.74, 6) is 1.45. The molecule has 0 saturated heterocycles. The highest BCUT2D eigenvalue weighted by Gasteiger charge is 2.29. The van der Waals surface area contributed by atoms with E-state index in [9.17, 15) is 0 Å². The monoisotopic (exact) mass is 320 g/mol. The van der Waals surface area contributed by atoms with Crippen molar-refractivity contribution in [3.8, 4) is 5.75 Å². The van der Waals surface area contributed by atoms with Gasteiger partial charge in [-0.15, -0.1) is 10.2 Å². The Morgan fingerprint density at radius 1 is 1.23 bits per heavy atom. The number of aromatic nitrogens is 2. The van der Waals surface area contributed by atoms with Crippen LogP contribution in [0.1, 0.15) is 30.7 Å². The summed E-state index contributed by atoms with van der Waals surface area (Å²) >= 11 is 1.63. The number of benzene rings is 1. The second-order valence-corrected chi connectivity index (χ2v) is 6.50. The summed E-state index contributed by atoms with van der Waals surface area (Å²) in [5.41, 5.74) is 1.04. The third-order valence-electron chi connectivity index (χ3n) is 3.93. The van der Waals surface area contributed by atoms with Gasteiger partial charge in [-0.05, 0) is 25.3 Å². The minimum atomic E-state index is 0.287. The van der Waals surface area contributed by atoms with Gasteiger partial charge in [0.1, 0.15) is 5.75 Å². The predicted molar refractivity (Wildman–Crippen MR) is 84.4 cm³/mol. The van der Waals surface area contributed by atoms with Crippen molar-refractivity contribution < 1.29 is 13.9 Å². The SMILES string of the molecule is COc1ccccc1Cc1nnc(SC2CCCC2OC)o1. The van der Waals surface area contributed by atoms with Crippen molar-refractivity contribution in [2.75, 3.05) is 14.2 Å². The van der Waals surface area contributed by atoms with E-state index in [4.69, 9.17) is 13.9 Å². The van der Waals surface area contributed by atoms with Gasteiger partial charge in [0.15, 0.2) is 0 Å². The van der Waals surface area contributed by atoms with Crippen LogP contribution in [-0.2, 0) is 11.2 Å². The molecule has 1 fully saturated rings. The molecule has 1 heterocycles. The smallest absolute Gasteiger partial charge is 0.276 e. The van der Waals surface area contributed by atoms with Crippen molar-refractivity contribution >= 4 is 11.8 Å². The first-order chi connectivity index (χ1) is 10.8. The van der Waals surface area contributed by atoms with E-state index in [1.807, 2.05) is 24.3 Å². The van der Waals surface area contributed by atoms with Gasteiger partial charge in [0.2, 0.25) is 5.89 Å². The van der Waals surface area contributed by atoms with Crippen molar-refractivity contribution in [3.05, 3.63) is 35.7 Å². The first-order valence-corrected chi connectivity index (χ1v) is 8.32. The van der Waals surface area contributed by atoms with Crippen LogP contribution in [0.4, 0.5) is 0 Å². The minimum absolute atomic E-state index is 0.287. The molecular weight excluding hydrogens is 300 g/mol. The summed E-state index contributed by atoms with van der Waals surface area (Å²) < 4.78 is 16.6. The maximum absolute atomic E-state index is 5.77. The Kier molecular flexibility index (Phi) is 5.00. The standard InChI is InChI=1S/C16H20N2O3S/c1-19-12-7-4-3-6-11(12)10-15-17-18-16(21-15)22-14-9-5-8-13(14)20-2/h3-4,6-7,13-14H,5,8-10H2,1-2H3. The Morgan fingerprint density at radius 3 is 2.91 bits per heavy atom. The molecule has 1 aliphatic carbocycles. The summed E-state index contributed by atoms with van der Waals surface area (Å²) in [5, 5.41) is 9.33. The van der Waals surface area contributed by atoms with Gasteiger partial charge in [0.05, 0.1) is 19.6 Å². The van der Waals surface area contributed by atoms with Gasteiger partial charge in [0, 0.05) is 17.9 Å². The molecule has 0 radical (unpaired) electrons. The molecule has 2 atom stereocenters. The Bertz CT molecular complexity index is 617. The number of hydrogen-bond donors (Lipinski definition) is 0. The topological polar surface area (TPSA) is 57.4 Å². The zero-order valence-electron chi connectivity index (χ0n) is 12.8. The molecule has 5 nitrogen and oxygen atoms in total. The van der Waals surface area contributed by atoms with Gasteiger partial charge in [-0.3, -0.25) is 0 Å². The lowest BCUT2D eigenvalue weighted by atomic mass is 10.1. The van der Waals surface area contributed by atoms with Crippen LogP contribution in [0.15, 0.2) is 33.9 Å². The predicted octanol–water partition coefficient (Wildman–Crippen LogP) is 3.33. The highest BCUT2D eigenvalue weighted by atomic mass is 32.2. The van der Waals surface area contributed by atoms with Crippen molar-refractivity contribution in [2.45, 2.75) is 42.3 Å². The van der Waals surface area contributed by atoms with Crippen LogP contribution in [0.5, 0.6) is 5.75 Å². The molecule has 1 aliphatic rings. The molecule has 1 aromatic heterocycles. The highest BCUT2D eigenvalue weighted by molar-refractivity contribution is 7.99. The number of nitrogens with zero attached hydrogens (tertiary/aromatic N) is 2. The molecule has 0 aliphatic heterocycles. The highest BCUT2D eigenvalue weighted by Crippen LogP contribution is 2.36. The molecule has 6 heteroatoms. The minimum Gasteiger partial charge on any atom is -0.496 e. The lowest BCUT2D eigenvalue weighted by Gasteiger charge is -2.14. The van der Waals surface area contributed by atoms with Crippen LogP contribution in [0.25, 0.3) is 0 Å². The summed E-state index contributed by atoms with van der Waals surface area (Å²) in [6.07, 6.45) is 4.30. The summed E-state index contributed by atoms with van der Waals surface area (Å²) in [6, 6.07) is 7.87. The number of thioether (sulfide) groups is 1. The first-order valence-electron chi connectivity index (χ1n) is 7.44. The average molecular weight is 320 g/mol. The molecule has 1 saturated carbocycles. The second kappa shape index (κ2) is 7.15. The van der Waals surface area contributed by atoms with E-state index in [1.54, 1.807) is 26.0 Å². The van der Waals surface area contributed by atoms with Gasteiger partial charge in [-0.2, -0.15) is 0 Å². The van der Waals surface area contributed by atoms with Crippen molar-refractivity contribution in [1.29, 1.82) is 0 Å². The van der Waals surface area contributed by atoms with E-state index >= 15 is 0 Å². The van der Waals surface area contributed by atoms with Crippen LogP contribution in [-0.4, -0.2) is 35.8 Å². The van der Waals surface area contributed by atoms with Crippen LogP contribution >= 0.6 is 11.8 Å². The Morgan fingerprint density at radius 2 is 2.09 bits per heavy atom. The fourth-order valence-corrected chi connectivity index (χ4v) is 3.97. The zero-order chi connectivity index (χ0) is 15.4.